The summed E-state index contributed by atoms with van der Waals surface area (Å²) in [7, 11) is 0. The van der Waals surface area contributed by atoms with Gasteiger partial charge < -0.3 is 14.2 Å². The number of nitrogens with zero attached hydrogens (tertiary/aromatic N) is 4. The minimum Gasteiger partial charge on any atom is -0.449 e. The maximum absolute atomic E-state index is 5.97. The molecule has 1 aliphatic rings. The van der Waals surface area contributed by atoms with Gasteiger partial charge in [-0.2, -0.15) is 8.75 Å². The van der Waals surface area contributed by atoms with Gasteiger partial charge in [0, 0.05) is 32.2 Å². The second kappa shape index (κ2) is 4.54. The van der Waals surface area contributed by atoms with Crippen LogP contribution in [0.3, 0.4) is 0 Å². The van der Waals surface area contributed by atoms with E-state index in [1.54, 1.807) is 6.26 Å². The Labute approximate surface area is 108 Å². The van der Waals surface area contributed by atoms with Crippen LogP contribution in [0.15, 0.2) is 22.8 Å². The minimum atomic E-state index is 0.501. The van der Waals surface area contributed by atoms with Crippen LogP contribution in [0.4, 0.5) is 11.7 Å². The van der Waals surface area contributed by atoms with Gasteiger partial charge in [-0.05, 0) is 6.07 Å². The van der Waals surface area contributed by atoms with E-state index in [-0.39, 0.29) is 0 Å². The fraction of sp³-hybridized carbons (Fsp3) is 0.400. The number of piperazine rings is 1. The lowest BCUT2D eigenvalue weighted by molar-refractivity contribution is 0.525. The van der Waals surface area contributed by atoms with Crippen LogP contribution in [0, 0.1) is 0 Å². The summed E-state index contributed by atoms with van der Waals surface area (Å²) < 4.78 is 13.6. The summed E-state index contributed by atoms with van der Waals surface area (Å²) in [6.45, 7) is 3.57. The number of furan rings is 1. The van der Waals surface area contributed by atoms with Gasteiger partial charge in [0.2, 0.25) is 0 Å². The van der Waals surface area contributed by atoms with Gasteiger partial charge in [0.25, 0.3) is 0 Å². The van der Waals surface area contributed by atoms with Crippen molar-refractivity contribution < 1.29 is 4.42 Å². The molecule has 2 aromatic rings. The zero-order valence-electron chi connectivity index (χ0n) is 9.04. The third-order valence-electron chi connectivity index (χ3n) is 2.83. The van der Waals surface area contributed by atoms with E-state index >= 15 is 0 Å². The molecule has 0 saturated carbocycles. The van der Waals surface area contributed by atoms with Gasteiger partial charge in [0.15, 0.2) is 16.9 Å². The van der Waals surface area contributed by atoms with Crippen molar-refractivity contribution in [3.05, 3.63) is 23.5 Å². The van der Waals surface area contributed by atoms with Crippen molar-refractivity contribution in [1.29, 1.82) is 0 Å². The zero-order valence-corrected chi connectivity index (χ0v) is 10.6. The molecule has 0 bridgehead atoms. The predicted octanol–water partition coefficient (Wildman–Crippen LogP) is 2.11. The van der Waals surface area contributed by atoms with E-state index in [1.807, 2.05) is 12.1 Å². The SMILES string of the molecule is Clc1nsnc1N1CCN(c2ccco2)CC1. The summed E-state index contributed by atoms with van der Waals surface area (Å²) in [5.41, 5.74) is 0. The Bertz CT molecular complexity index is 478. The number of rotatable bonds is 2. The fourth-order valence-electron chi connectivity index (χ4n) is 1.95. The van der Waals surface area contributed by atoms with Gasteiger partial charge in [0.05, 0.1) is 18.0 Å². The van der Waals surface area contributed by atoms with Gasteiger partial charge >= 0.3 is 0 Å². The molecule has 3 rings (SSSR count). The van der Waals surface area contributed by atoms with E-state index in [1.165, 1.54) is 0 Å². The highest BCUT2D eigenvalue weighted by atomic mass is 35.5. The highest BCUT2D eigenvalue weighted by molar-refractivity contribution is 6.99. The fourth-order valence-corrected chi connectivity index (χ4v) is 2.73. The van der Waals surface area contributed by atoms with Crippen LogP contribution in [0.5, 0.6) is 0 Å². The van der Waals surface area contributed by atoms with Gasteiger partial charge in [0.1, 0.15) is 0 Å². The molecule has 0 aromatic carbocycles. The van der Waals surface area contributed by atoms with E-state index in [0.29, 0.717) is 5.15 Å². The smallest absolute Gasteiger partial charge is 0.195 e. The summed E-state index contributed by atoms with van der Waals surface area (Å²) in [5, 5.41) is 0.501. The van der Waals surface area contributed by atoms with Gasteiger partial charge in [-0.25, -0.2) is 0 Å². The molecule has 0 unspecified atom stereocenters. The average Bonchev–Trinajstić information content (AvgIpc) is 3.00. The van der Waals surface area contributed by atoms with E-state index < -0.39 is 0 Å². The van der Waals surface area contributed by atoms with E-state index in [9.17, 15) is 0 Å². The Morgan fingerprint density at radius 3 is 2.53 bits per heavy atom. The van der Waals surface area contributed by atoms with Crippen LogP contribution in [0.25, 0.3) is 0 Å². The lowest BCUT2D eigenvalue weighted by Gasteiger charge is -2.34. The largest absolute Gasteiger partial charge is 0.449 e. The molecular formula is C10H11ClN4OS. The molecule has 0 spiro atoms. The molecule has 0 amide bonds. The van der Waals surface area contributed by atoms with Crippen molar-refractivity contribution in [3.8, 4) is 0 Å². The Morgan fingerprint density at radius 1 is 1.18 bits per heavy atom. The molecule has 5 nitrogen and oxygen atoms in total. The number of hydrogen-bond donors (Lipinski definition) is 0. The van der Waals surface area contributed by atoms with E-state index in [0.717, 1.165) is 49.6 Å². The van der Waals surface area contributed by atoms with Gasteiger partial charge in [-0.1, -0.05) is 11.6 Å². The topological polar surface area (TPSA) is 45.4 Å². The van der Waals surface area contributed by atoms with Crippen molar-refractivity contribution in [3.63, 3.8) is 0 Å². The third-order valence-corrected chi connectivity index (χ3v) is 3.70. The van der Waals surface area contributed by atoms with Crippen LogP contribution in [-0.2, 0) is 0 Å². The Kier molecular flexibility index (Phi) is 2.90. The molecule has 0 N–H and O–H groups in total. The quantitative estimate of drug-likeness (QED) is 0.836. The van der Waals surface area contributed by atoms with Crippen LogP contribution in [-0.4, -0.2) is 34.9 Å². The summed E-state index contributed by atoms with van der Waals surface area (Å²) in [4.78, 5) is 4.37. The number of halogens is 1. The molecule has 0 atom stereocenters. The second-order valence-electron chi connectivity index (χ2n) is 3.80. The first-order chi connectivity index (χ1) is 8.34. The normalized spacial score (nSPS) is 16.5. The molecular weight excluding hydrogens is 260 g/mol. The van der Waals surface area contributed by atoms with Crippen molar-refractivity contribution >= 4 is 35.0 Å². The molecule has 17 heavy (non-hydrogen) atoms. The monoisotopic (exact) mass is 270 g/mol. The molecule has 1 aliphatic heterocycles. The third kappa shape index (κ3) is 2.10. The lowest BCUT2D eigenvalue weighted by atomic mass is 10.3. The van der Waals surface area contributed by atoms with Crippen LogP contribution >= 0.6 is 23.3 Å². The average molecular weight is 271 g/mol. The number of aromatic nitrogens is 2. The molecule has 1 fully saturated rings. The number of anilines is 2. The van der Waals surface area contributed by atoms with Crippen molar-refractivity contribution in [2.45, 2.75) is 0 Å². The molecule has 7 heteroatoms. The summed E-state index contributed by atoms with van der Waals surface area (Å²) >= 11 is 7.12. The molecule has 0 aliphatic carbocycles. The van der Waals surface area contributed by atoms with Crippen molar-refractivity contribution in [2.24, 2.45) is 0 Å². The van der Waals surface area contributed by atoms with E-state index in [4.69, 9.17) is 16.0 Å². The second-order valence-corrected chi connectivity index (χ2v) is 4.69. The van der Waals surface area contributed by atoms with Gasteiger partial charge in [-0.3, -0.25) is 0 Å². The van der Waals surface area contributed by atoms with E-state index in [2.05, 4.69) is 18.5 Å². The molecule has 0 radical (unpaired) electrons. The minimum absolute atomic E-state index is 0.501. The predicted molar refractivity (Wildman–Crippen MR) is 68.1 cm³/mol. The summed E-state index contributed by atoms with van der Waals surface area (Å²) in [6, 6.07) is 3.88. The molecule has 2 aromatic heterocycles. The molecule has 1 saturated heterocycles. The standard InChI is InChI=1S/C10H11ClN4OS/c11-9-10(13-17-12-9)15-5-3-14(4-6-15)8-2-1-7-16-8/h1-2,7H,3-6H2. The van der Waals surface area contributed by atoms with Crippen LogP contribution in [0.1, 0.15) is 0 Å². The highest BCUT2D eigenvalue weighted by Gasteiger charge is 2.22. The Morgan fingerprint density at radius 2 is 1.94 bits per heavy atom. The Hall–Kier alpha value is -1.27. The summed E-state index contributed by atoms with van der Waals surface area (Å²) in [5.74, 6) is 1.72. The van der Waals surface area contributed by atoms with Crippen molar-refractivity contribution in [2.75, 3.05) is 36.0 Å². The first kappa shape index (κ1) is 10.9. The van der Waals surface area contributed by atoms with Crippen molar-refractivity contribution in [1.82, 2.24) is 8.75 Å². The molecule has 90 valence electrons. The first-order valence-corrected chi connectivity index (χ1v) is 6.47. The maximum Gasteiger partial charge on any atom is 0.195 e. The molecule has 3 heterocycles. The van der Waals surface area contributed by atoms with Crippen LogP contribution in [0.2, 0.25) is 5.15 Å². The highest BCUT2D eigenvalue weighted by Crippen LogP contribution is 2.25. The maximum atomic E-state index is 5.97. The van der Waals surface area contributed by atoms with Gasteiger partial charge in [-0.15, -0.1) is 0 Å². The van der Waals surface area contributed by atoms with Crippen LogP contribution < -0.4 is 9.80 Å². The zero-order chi connectivity index (χ0) is 11.7. The Balaban J connectivity index is 1.67. The first-order valence-electron chi connectivity index (χ1n) is 5.36. The summed E-state index contributed by atoms with van der Waals surface area (Å²) in [6.07, 6.45) is 1.70. The lowest BCUT2D eigenvalue weighted by Crippen LogP contribution is -2.46. The number of hydrogen-bond acceptors (Lipinski definition) is 6.